The van der Waals surface area contributed by atoms with Crippen LogP contribution in [0.2, 0.25) is 0 Å². The summed E-state index contributed by atoms with van der Waals surface area (Å²) in [5.41, 5.74) is -2.87. The van der Waals surface area contributed by atoms with Crippen molar-refractivity contribution in [2.75, 3.05) is 6.61 Å². The minimum atomic E-state index is -4.88. The fraction of sp³-hybridized carbons (Fsp3) is 0.810. The summed E-state index contributed by atoms with van der Waals surface area (Å²) in [6.45, 7) is 2.82. The zero-order valence-electron chi connectivity index (χ0n) is 17.7. The van der Waals surface area contributed by atoms with Crippen molar-refractivity contribution < 1.29 is 43.8 Å². The van der Waals surface area contributed by atoms with Gasteiger partial charge in [-0.1, -0.05) is 19.4 Å². The number of carbonyl (C=O) groups excluding carboxylic acids is 2. The summed E-state index contributed by atoms with van der Waals surface area (Å²) in [5.74, 6) is -1.59. The summed E-state index contributed by atoms with van der Waals surface area (Å²) in [5, 5.41) is 32.0. The maximum atomic E-state index is 12.5. The highest BCUT2D eigenvalue weighted by Gasteiger charge is 2.69. The number of aliphatic hydroxyl groups excluding tert-OH is 2. The van der Waals surface area contributed by atoms with E-state index in [9.17, 15) is 39.3 Å². The maximum Gasteiger partial charge on any atom is 0.469 e. The number of hydrogen-bond acceptors (Lipinski definition) is 7. The van der Waals surface area contributed by atoms with E-state index in [1.165, 1.54) is 6.08 Å². The molecule has 31 heavy (non-hydrogen) atoms. The van der Waals surface area contributed by atoms with E-state index in [-0.39, 0.29) is 36.9 Å². The molecule has 0 bridgehead atoms. The second kappa shape index (κ2) is 7.29. The Morgan fingerprint density at radius 1 is 1.29 bits per heavy atom. The van der Waals surface area contributed by atoms with Crippen LogP contribution in [-0.4, -0.2) is 61.1 Å². The van der Waals surface area contributed by atoms with Gasteiger partial charge in [0.05, 0.1) is 12.2 Å². The van der Waals surface area contributed by atoms with E-state index in [1.54, 1.807) is 13.8 Å². The molecule has 9 nitrogen and oxygen atoms in total. The number of hydrogen-bond donors (Lipinski definition) is 5. The van der Waals surface area contributed by atoms with Crippen LogP contribution in [0.3, 0.4) is 0 Å². The molecule has 3 saturated carbocycles. The number of aliphatic hydroxyl groups is 3. The molecule has 0 amide bonds. The molecular formula is C21H31O9P. The van der Waals surface area contributed by atoms with Crippen LogP contribution < -0.4 is 0 Å². The van der Waals surface area contributed by atoms with Crippen LogP contribution in [0.25, 0.3) is 0 Å². The molecule has 0 aliphatic heterocycles. The van der Waals surface area contributed by atoms with Gasteiger partial charge in [0.15, 0.2) is 11.6 Å². The molecule has 5 N–H and O–H groups in total. The third-order valence-electron chi connectivity index (χ3n) is 9.00. The average molecular weight is 458 g/mol. The number of Topliss-reactive ketones (excluding diaryl/α,β-unsaturated/α-hetero) is 1. The average Bonchev–Trinajstić information content (AvgIpc) is 2.92. The molecule has 10 heteroatoms. The molecule has 1 unspecified atom stereocenters. The summed E-state index contributed by atoms with van der Waals surface area (Å²) < 4.78 is 16.8. The van der Waals surface area contributed by atoms with Crippen molar-refractivity contribution in [2.45, 2.75) is 70.2 Å². The highest BCUT2D eigenvalue weighted by Crippen LogP contribution is 2.68. The van der Waals surface area contributed by atoms with Gasteiger partial charge in [-0.15, -0.1) is 0 Å². The van der Waals surface area contributed by atoms with E-state index in [1.807, 2.05) is 0 Å². The van der Waals surface area contributed by atoms with Gasteiger partial charge in [-0.25, -0.2) is 4.57 Å². The molecule has 4 rings (SSSR count). The van der Waals surface area contributed by atoms with Crippen molar-refractivity contribution in [1.82, 2.24) is 0 Å². The van der Waals surface area contributed by atoms with Crippen molar-refractivity contribution in [2.24, 2.45) is 28.6 Å². The first kappa shape index (κ1) is 23.2. The Labute approximate surface area is 180 Å². The lowest BCUT2D eigenvalue weighted by Gasteiger charge is -2.61. The van der Waals surface area contributed by atoms with Crippen LogP contribution in [0.4, 0.5) is 0 Å². The van der Waals surface area contributed by atoms with Gasteiger partial charge in [0.25, 0.3) is 0 Å². The van der Waals surface area contributed by atoms with E-state index in [0.717, 1.165) is 5.57 Å². The first-order valence-corrected chi connectivity index (χ1v) is 12.3. The number of rotatable bonds is 4. The maximum absolute atomic E-state index is 12.5. The van der Waals surface area contributed by atoms with Gasteiger partial charge in [-0.2, -0.15) is 0 Å². The largest absolute Gasteiger partial charge is 0.469 e. The van der Waals surface area contributed by atoms with E-state index >= 15 is 0 Å². The van der Waals surface area contributed by atoms with Crippen LogP contribution in [-0.2, 0) is 18.7 Å². The van der Waals surface area contributed by atoms with E-state index < -0.39 is 54.8 Å². The molecule has 8 atom stereocenters. The lowest BCUT2D eigenvalue weighted by atomic mass is 9.45. The van der Waals surface area contributed by atoms with Crippen molar-refractivity contribution in [1.29, 1.82) is 0 Å². The first-order valence-electron chi connectivity index (χ1n) is 10.8. The summed E-state index contributed by atoms with van der Waals surface area (Å²) in [7, 11) is -4.88. The molecule has 0 spiro atoms. The fourth-order valence-corrected chi connectivity index (χ4v) is 8.23. The van der Waals surface area contributed by atoms with E-state index in [0.29, 0.717) is 19.3 Å². The van der Waals surface area contributed by atoms with Gasteiger partial charge in [0, 0.05) is 17.3 Å². The number of carbonyl (C=O) groups is 2. The molecular weight excluding hydrogens is 427 g/mol. The fourth-order valence-electron chi connectivity index (χ4n) is 7.61. The minimum absolute atomic E-state index is 0.112. The molecule has 0 aromatic rings. The summed E-state index contributed by atoms with van der Waals surface area (Å²) in [6.07, 6.45) is 1.28. The third-order valence-corrected chi connectivity index (χ3v) is 9.53. The monoisotopic (exact) mass is 458 g/mol. The molecule has 4 aliphatic carbocycles. The van der Waals surface area contributed by atoms with Crippen molar-refractivity contribution >= 4 is 19.4 Å². The Morgan fingerprint density at radius 2 is 1.97 bits per heavy atom. The first-order chi connectivity index (χ1) is 14.3. The summed E-state index contributed by atoms with van der Waals surface area (Å²) in [6, 6.07) is 0. The van der Waals surface area contributed by atoms with Crippen LogP contribution in [0.1, 0.15) is 52.4 Å². The van der Waals surface area contributed by atoms with E-state index in [2.05, 4.69) is 0 Å². The van der Waals surface area contributed by atoms with Crippen LogP contribution >= 0.6 is 7.82 Å². The molecule has 0 heterocycles. The Hall–Kier alpha value is -0.930. The smallest absolute Gasteiger partial charge is 0.393 e. The van der Waals surface area contributed by atoms with Crippen molar-refractivity contribution in [3.63, 3.8) is 0 Å². The Balaban J connectivity index is 1.77. The molecule has 0 aromatic carbocycles. The predicted octanol–water partition coefficient (Wildman–Crippen LogP) is 0.869. The Kier molecular flexibility index (Phi) is 5.46. The van der Waals surface area contributed by atoms with Crippen molar-refractivity contribution in [3.8, 4) is 0 Å². The standard InChI is InChI=1S/C21H31O9P/c1-19-9-15(24)18-13(14(19)5-6-21(19,26)16(25)10-22)4-3-11-7-12(23)8-17(20(11,18)2)30-31(27,28)29/h7,13-15,17-18,22,24,26H,3-6,8-10H2,1-2H3,(H2,27,28,29)/t13-,14-,15-,17?,18+,19-,20+,21-/m0/s1. The third kappa shape index (κ3) is 3.24. The normalized spacial score (nSPS) is 47.3. The zero-order chi connectivity index (χ0) is 23.0. The second-order valence-electron chi connectivity index (χ2n) is 10.2. The molecule has 0 saturated heterocycles. The SMILES string of the molecule is C[C@]12C[C@H](O)[C@H]3[C@@H](CCC4=CC(=O)CC(OP(=O)(O)O)[C@@]43C)[C@@H]1CC[C@]2(O)C(=O)CO. The van der Waals surface area contributed by atoms with Gasteiger partial charge >= 0.3 is 7.82 Å². The van der Waals surface area contributed by atoms with Crippen LogP contribution in [0.5, 0.6) is 0 Å². The highest BCUT2D eigenvalue weighted by molar-refractivity contribution is 7.46. The highest BCUT2D eigenvalue weighted by atomic mass is 31.2. The summed E-state index contributed by atoms with van der Waals surface area (Å²) >= 11 is 0. The molecule has 0 radical (unpaired) electrons. The van der Waals surface area contributed by atoms with Gasteiger partial charge in [0.1, 0.15) is 12.2 Å². The Bertz CT molecular complexity index is 880. The van der Waals surface area contributed by atoms with Crippen molar-refractivity contribution in [3.05, 3.63) is 11.6 Å². The number of phosphoric ester groups is 1. The molecule has 4 aliphatic rings. The second-order valence-corrected chi connectivity index (χ2v) is 11.4. The van der Waals surface area contributed by atoms with Gasteiger partial charge in [-0.05, 0) is 55.9 Å². The van der Waals surface area contributed by atoms with Crippen LogP contribution in [0.15, 0.2) is 11.6 Å². The number of phosphoric acid groups is 1. The molecule has 0 aromatic heterocycles. The lowest BCUT2D eigenvalue weighted by molar-refractivity contribution is -0.190. The zero-order valence-corrected chi connectivity index (χ0v) is 18.6. The lowest BCUT2D eigenvalue weighted by Crippen LogP contribution is -2.64. The van der Waals surface area contributed by atoms with Gasteiger partial charge in [0.2, 0.25) is 0 Å². The van der Waals surface area contributed by atoms with Gasteiger partial charge in [-0.3, -0.25) is 14.1 Å². The topological polar surface area (TPSA) is 162 Å². The quantitative estimate of drug-likeness (QED) is 0.385. The number of ketones is 2. The molecule has 3 fully saturated rings. The minimum Gasteiger partial charge on any atom is -0.393 e. The predicted molar refractivity (Wildman–Crippen MR) is 107 cm³/mol. The van der Waals surface area contributed by atoms with Gasteiger partial charge < -0.3 is 25.1 Å². The molecule has 174 valence electrons. The van der Waals surface area contributed by atoms with Crippen LogP contribution in [0, 0.1) is 28.6 Å². The Morgan fingerprint density at radius 3 is 2.58 bits per heavy atom. The van der Waals surface area contributed by atoms with E-state index in [4.69, 9.17) is 4.52 Å². The number of fused-ring (bicyclic) bond motifs is 5. The summed E-state index contributed by atoms with van der Waals surface area (Å²) in [4.78, 5) is 43.7.